The van der Waals surface area contributed by atoms with Crippen LogP contribution in [0.2, 0.25) is 0 Å². The van der Waals surface area contributed by atoms with E-state index in [2.05, 4.69) is 17.6 Å². The van der Waals surface area contributed by atoms with Gasteiger partial charge in [0, 0.05) is 12.6 Å². The highest BCUT2D eigenvalue weighted by Gasteiger charge is 2.25. The van der Waals surface area contributed by atoms with Crippen molar-refractivity contribution in [3.63, 3.8) is 0 Å². The van der Waals surface area contributed by atoms with Crippen LogP contribution in [0.15, 0.2) is 0 Å². The summed E-state index contributed by atoms with van der Waals surface area (Å²) in [7, 11) is 0. The zero-order valence-corrected chi connectivity index (χ0v) is 11.1. The van der Waals surface area contributed by atoms with Gasteiger partial charge in [-0.15, -0.1) is 0 Å². The maximum absolute atomic E-state index is 11.6. The molecule has 0 radical (unpaired) electrons. The van der Waals surface area contributed by atoms with Crippen molar-refractivity contribution < 1.29 is 9.59 Å². The standard InChI is InChI=1S/C13H24N2O2/c1-9(2)8-14-12(16)13(17)15-11-7-5-4-6-10(11)3/h9-11H,4-8H2,1-3H3,(H,14,16)(H,15,17)/t10-,11-/m1/s1. The van der Waals surface area contributed by atoms with Gasteiger partial charge in [0.2, 0.25) is 0 Å². The molecule has 17 heavy (non-hydrogen) atoms. The van der Waals surface area contributed by atoms with Crippen molar-refractivity contribution >= 4 is 11.8 Å². The van der Waals surface area contributed by atoms with Gasteiger partial charge in [-0.1, -0.05) is 33.6 Å². The number of hydrogen-bond donors (Lipinski definition) is 2. The van der Waals surface area contributed by atoms with Gasteiger partial charge in [-0.2, -0.15) is 0 Å². The summed E-state index contributed by atoms with van der Waals surface area (Å²) >= 11 is 0. The zero-order chi connectivity index (χ0) is 12.8. The molecular weight excluding hydrogens is 216 g/mol. The van der Waals surface area contributed by atoms with E-state index >= 15 is 0 Å². The maximum Gasteiger partial charge on any atom is 0.309 e. The molecule has 0 bridgehead atoms. The Balaban J connectivity index is 2.34. The predicted molar refractivity (Wildman–Crippen MR) is 67.4 cm³/mol. The van der Waals surface area contributed by atoms with Crippen LogP contribution in [0.5, 0.6) is 0 Å². The van der Waals surface area contributed by atoms with Crippen LogP contribution in [0.3, 0.4) is 0 Å². The average Bonchev–Trinajstić information content (AvgIpc) is 2.28. The Morgan fingerprint density at radius 1 is 1.18 bits per heavy atom. The molecule has 2 N–H and O–H groups in total. The normalized spacial score (nSPS) is 24.5. The van der Waals surface area contributed by atoms with Crippen molar-refractivity contribution in [2.24, 2.45) is 11.8 Å². The number of nitrogens with one attached hydrogen (secondary N) is 2. The molecule has 0 aromatic carbocycles. The minimum absolute atomic E-state index is 0.168. The molecule has 4 heteroatoms. The third-order valence-corrected chi connectivity index (χ3v) is 3.31. The van der Waals surface area contributed by atoms with Crippen molar-refractivity contribution in [1.82, 2.24) is 10.6 Å². The van der Waals surface area contributed by atoms with E-state index in [1.807, 2.05) is 13.8 Å². The Labute approximate surface area is 104 Å². The number of hydrogen-bond acceptors (Lipinski definition) is 2. The predicted octanol–water partition coefficient (Wildman–Crippen LogP) is 1.45. The quantitative estimate of drug-likeness (QED) is 0.734. The van der Waals surface area contributed by atoms with Crippen molar-refractivity contribution in [1.29, 1.82) is 0 Å². The van der Waals surface area contributed by atoms with Gasteiger partial charge in [0.1, 0.15) is 0 Å². The molecule has 0 heterocycles. The number of rotatable bonds is 3. The van der Waals surface area contributed by atoms with Crippen LogP contribution >= 0.6 is 0 Å². The molecule has 1 aliphatic carbocycles. The Bertz CT molecular complexity index is 277. The second-order valence-electron chi connectivity index (χ2n) is 5.45. The highest BCUT2D eigenvalue weighted by atomic mass is 16.2. The van der Waals surface area contributed by atoms with E-state index in [0.717, 1.165) is 19.3 Å². The summed E-state index contributed by atoms with van der Waals surface area (Å²) in [5.74, 6) is -0.146. The Morgan fingerprint density at radius 2 is 1.82 bits per heavy atom. The van der Waals surface area contributed by atoms with E-state index in [-0.39, 0.29) is 6.04 Å². The molecule has 1 saturated carbocycles. The zero-order valence-electron chi connectivity index (χ0n) is 11.1. The van der Waals surface area contributed by atoms with Crippen LogP contribution in [0.1, 0.15) is 46.5 Å². The second kappa shape index (κ2) is 6.62. The molecule has 0 spiro atoms. The first kappa shape index (κ1) is 14.0. The monoisotopic (exact) mass is 240 g/mol. The van der Waals surface area contributed by atoms with Crippen molar-refractivity contribution in [2.45, 2.75) is 52.5 Å². The largest absolute Gasteiger partial charge is 0.348 e. The van der Waals surface area contributed by atoms with Gasteiger partial charge < -0.3 is 10.6 Å². The van der Waals surface area contributed by atoms with Crippen LogP contribution in [0.4, 0.5) is 0 Å². The third kappa shape index (κ3) is 4.75. The molecule has 1 fully saturated rings. The molecule has 4 nitrogen and oxygen atoms in total. The molecule has 0 unspecified atom stereocenters. The summed E-state index contributed by atoms with van der Waals surface area (Å²) < 4.78 is 0. The lowest BCUT2D eigenvalue weighted by atomic mass is 9.86. The summed E-state index contributed by atoms with van der Waals surface area (Å²) in [6.07, 6.45) is 4.50. The summed E-state index contributed by atoms with van der Waals surface area (Å²) in [5, 5.41) is 5.48. The lowest BCUT2D eigenvalue weighted by Gasteiger charge is -2.29. The van der Waals surface area contributed by atoms with E-state index in [1.54, 1.807) is 0 Å². The molecule has 2 atom stereocenters. The lowest BCUT2D eigenvalue weighted by molar-refractivity contribution is -0.140. The van der Waals surface area contributed by atoms with Crippen molar-refractivity contribution in [3.8, 4) is 0 Å². The molecule has 1 rings (SSSR count). The third-order valence-electron chi connectivity index (χ3n) is 3.31. The Morgan fingerprint density at radius 3 is 2.41 bits per heavy atom. The smallest absolute Gasteiger partial charge is 0.309 e. The van der Waals surface area contributed by atoms with E-state index in [9.17, 15) is 9.59 Å². The Kier molecular flexibility index (Phi) is 5.45. The fraction of sp³-hybridized carbons (Fsp3) is 0.846. The SMILES string of the molecule is CC(C)CNC(=O)C(=O)N[C@@H]1CCCC[C@H]1C. The maximum atomic E-state index is 11.6. The van der Waals surface area contributed by atoms with Crippen LogP contribution in [0, 0.1) is 11.8 Å². The summed E-state index contributed by atoms with van der Waals surface area (Å²) in [4.78, 5) is 23.2. The molecule has 0 saturated heterocycles. The number of amides is 2. The van der Waals surface area contributed by atoms with Crippen molar-refractivity contribution in [3.05, 3.63) is 0 Å². The van der Waals surface area contributed by atoms with E-state index in [0.29, 0.717) is 18.4 Å². The van der Waals surface area contributed by atoms with Gasteiger partial charge in [0.15, 0.2) is 0 Å². The first-order valence-electron chi connectivity index (χ1n) is 6.59. The van der Waals surface area contributed by atoms with E-state index in [4.69, 9.17) is 0 Å². The fourth-order valence-electron chi connectivity index (χ4n) is 2.14. The van der Waals surface area contributed by atoms with Gasteiger partial charge in [-0.05, 0) is 24.7 Å². The van der Waals surface area contributed by atoms with Crippen LogP contribution in [-0.4, -0.2) is 24.4 Å². The van der Waals surface area contributed by atoms with Crippen LogP contribution < -0.4 is 10.6 Å². The molecular formula is C13H24N2O2. The topological polar surface area (TPSA) is 58.2 Å². The molecule has 2 amide bonds. The van der Waals surface area contributed by atoms with E-state index in [1.165, 1.54) is 6.42 Å². The van der Waals surface area contributed by atoms with Gasteiger partial charge in [0.25, 0.3) is 0 Å². The first-order chi connectivity index (χ1) is 8.00. The van der Waals surface area contributed by atoms with Gasteiger partial charge in [0.05, 0.1) is 0 Å². The highest BCUT2D eigenvalue weighted by Crippen LogP contribution is 2.23. The first-order valence-corrected chi connectivity index (χ1v) is 6.59. The molecule has 0 aromatic rings. The number of carbonyl (C=O) groups is 2. The summed E-state index contributed by atoms with van der Waals surface area (Å²) in [5.41, 5.74) is 0. The lowest BCUT2D eigenvalue weighted by Crippen LogP contribution is -2.48. The van der Waals surface area contributed by atoms with Crippen molar-refractivity contribution in [2.75, 3.05) is 6.54 Å². The minimum atomic E-state index is -0.503. The summed E-state index contributed by atoms with van der Waals surface area (Å²) in [6.45, 7) is 6.69. The van der Waals surface area contributed by atoms with Gasteiger partial charge in [-0.3, -0.25) is 9.59 Å². The molecule has 0 aromatic heterocycles. The second-order valence-corrected chi connectivity index (χ2v) is 5.45. The minimum Gasteiger partial charge on any atom is -0.348 e. The van der Waals surface area contributed by atoms with Crippen LogP contribution in [0.25, 0.3) is 0 Å². The Hall–Kier alpha value is -1.06. The van der Waals surface area contributed by atoms with Crippen LogP contribution in [-0.2, 0) is 9.59 Å². The molecule has 1 aliphatic rings. The molecule has 98 valence electrons. The summed E-state index contributed by atoms with van der Waals surface area (Å²) in [6, 6.07) is 0.168. The number of carbonyl (C=O) groups excluding carboxylic acids is 2. The van der Waals surface area contributed by atoms with Gasteiger partial charge in [-0.25, -0.2) is 0 Å². The van der Waals surface area contributed by atoms with E-state index < -0.39 is 11.8 Å². The highest BCUT2D eigenvalue weighted by molar-refractivity contribution is 6.35. The molecule has 0 aliphatic heterocycles. The van der Waals surface area contributed by atoms with Gasteiger partial charge >= 0.3 is 11.8 Å². The average molecular weight is 240 g/mol. The fourth-order valence-corrected chi connectivity index (χ4v) is 2.14.